The Bertz CT molecular complexity index is 1170. The molecule has 3 aromatic rings. The number of likely N-dealkylation sites (tertiary alicyclic amines) is 1. The Morgan fingerprint density at radius 2 is 1.88 bits per heavy atom. The Labute approximate surface area is 185 Å². The van der Waals surface area contributed by atoms with Gasteiger partial charge < -0.3 is 9.64 Å². The predicted octanol–water partition coefficient (Wildman–Crippen LogP) is 3.29. The van der Waals surface area contributed by atoms with Crippen molar-refractivity contribution in [3.8, 4) is 11.6 Å². The third-order valence-electron chi connectivity index (χ3n) is 6.25. The van der Waals surface area contributed by atoms with Gasteiger partial charge in [-0.05, 0) is 37.8 Å². The van der Waals surface area contributed by atoms with Crippen LogP contribution in [0.2, 0.25) is 0 Å². The van der Waals surface area contributed by atoms with E-state index in [9.17, 15) is 22.4 Å². The molecule has 3 heterocycles. The molecule has 2 bridgehead atoms. The number of piperidine rings is 1. The fraction of sp³-hybridized carbons (Fsp3) is 0.381. The van der Waals surface area contributed by atoms with Gasteiger partial charge in [-0.25, -0.2) is 14.4 Å². The molecule has 1 saturated heterocycles. The smallest absolute Gasteiger partial charge is 0.434 e. The Morgan fingerprint density at radius 1 is 1.12 bits per heavy atom. The molecule has 33 heavy (non-hydrogen) atoms. The van der Waals surface area contributed by atoms with E-state index in [0.717, 1.165) is 11.0 Å². The summed E-state index contributed by atoms with van der Waals surface area (Å²) in [5, 5.41) is 7.91. The number of aromatic nitrogens is 5. The van der Waals surface area contributed by atoms with Gasteiger partial charge in [0.05, 0.1) is 36.4 Å². The third kappa shape index (κ3) is 3.68. The van der Waals surface area contributed by atoms with Gasteiger partial charge in [-0.1, -0.05) is 6.07 Å². The Morgan fingerprint density at radius 3 is 2.52 bits per heavy atom. The molecule has 1 aromatic carbocycles. The fourth-order valence-corrected chi connectivity index (χ4v) is 4.73. The minimum Gasteiger partial charge on any atom is -0.471 e. The minimum absolute atomic E-state index is 0.0476. The maximum Gasteiger partial charge on any atom is 0.434 e. The van der Waals surface area contributed by atoms with Gasteiger partial charge in [0.1, 0.15) is 11.8 Å². The molecule has 1 aliphatic heterocycles. The predicted molar refractivity (Wildman–Crippen MR) is 105 cm³/mol. The summed E-state index contributed by atoms with van der Waals surface area (Å²) in [7, 11) is 0. The average molecular weight is 462 g/mol. The van der Waals surface area contributed by atoms with Crippen LogP contribution < -0.4 is 4.74 Å². The summed E-state index contributed by atoms with van der Waals surface area (Å²) in [6.07, 6.45) is 0.532. The number of carbonyl (C=O) groups excluding carboxylic acids is 1. The average Bonchev–Trinajstić information content (AvgIpc) is 3.50. The lowest BCUT2D eigenvalue weighted by Crippen LogP contribution is -2.51. The second kappa shape index (κ2) is 7.78. The lowest BCUT2D eigenvalue weighted by molar-refractivity contribution is -0.141. The third-order valence-corrected chi connectivity index (χ3v) is 6.25. The molecule has 2 aliphatic rings. The van der Waals surface area contributed by atoms with Gasteiger partial charge in [-0.15, -0.1) is 4.80 Å². The first-order valence-corrected chi connectivity index (χ1v) is 10.3. The van der Waals surface area contributed by atoms with Crippen LogP contribution in [0, 0.1) is 11.7 Å². The number of halogens is 4. The second-order valence-electron chi connectivity index (χ2n) is 8.10. The molecule has 1 saturated carbocycles. The van der Waals surface area contributed by atoms with Crippen LogP contribution in [0.5, 0.6) is 5.88 Å². The van der Waals surface area contributed by atoms with Gasteiger partial charge in [0, 0.05) is 6.04 Å². The molecule has 12 heteroatoms. The monoisotopic (exact) mass is 462 g/mol. The summed E-state index contributed by atoms with van der Waals surface area (Å²) < 4.78 is 58.7. The van der Waals surface area contributed by atoms with E-state index >= 15 is 0 Å². The van der Waals surface area contributed by atoms with Crippen LogP contribution >= 0.6 is 0 Å². The van der Waals surface area contributed by atoms with Gasteiger partial charge in [0.15, 0.2) is 11.5 Å². The quantitative estimate of drug-likeness (QED) is 0.554. The Hall–Kier alpha value is -3.57. The summed E-state index contributed by atoms with van der Waals surface area (Å²) in [5.74, 6) is -0.950. The first kappa shape index (κ1) is 21.3. The highest BCUT2D eigenvalue weighted by Gasteiger charge is 2.53. The number of benzene rings is 1. The van der Waals surface area contributed by atoms with Crippen LogP contribution in [0.1, 0.15) is 35.8 Å². The zero-order chi connectivity index (χ0) is 23.3. The lowest BCUT2D eigenvalue weighted by Gasteiger charge is -2.37. The van der Waals surface area contributed by atoms with Crippen molar-refractivity contribution in [1.29, 1.82) is 0 Å². The van der Waals surface area contributed by atoms with Gasteiger partial charge in [0.25, 0.3) is 5.91 Å². The first-order valence-electron chi connectivity index (χ1n) is 10.3. The molecule has 0 N–H and O–H groups in total. The van der Waals surface area contributed by atoms with E-state index in [1.807, 2.05) is 6.92 Å². The van der Waals surface area contributed by atoms with Crippen LogP contribution in [0.4, 0.5) is 17.6 Å². The van der Waals surface area contributed by atoms with E-state index in [2.05, 4.69) is 20.2 Å². The summed E-state index contributed by atoms with van der Waals surface area (Å²) >= 11 is 0. The zero-order valence-electron chi connectivity index (χ0n) is 17.3. The van der Waals surface area contributed by atoms with Crippen molar-refractivity contribution in [3.63, 3.8) is 0 Å². The van der Waals surface area contributed by atoms with Crippen molar-refractivity contribution >= 4 is 5.91 Å². The number of carbonyl (C=O) groups is 1. The van der Waals surface area contributed by atoms with Crippen LogP contribution in [-0.2, 0) is 6.18 Å². The molecule has 0 spiro atoms. The van der Waals surface area contributed by atoms with E-state index < -0.39 is 29.7 Å². The first-order chi connectivity index (χ1) is 15.7. The molecule has 8 nitrogen and oxygen atoms in total. The SMILES string of the molecule is CC1C2CC([C@@H](Oc3cnc(C(F)(F)F)cn3)C2)N1C(=O)c1cccc(F)c1-n1nccn1. The number of amides is 1. The van der Waals surface area contributed by atoms with Crippen molar-refractivity contribution in [3.05, 3.63) is 60.1 Å². The van der Waals surface area contributed by atoms with Crippen molar-refractivity contribution in [2.45, 2.75) is 44.1 Å². The number of hydrogen-bond acceptors (Lipinski definition) is 6. The van der Waals surface area contributed by atoms with E-state index in [0.29, 0.717) is 19.0 Å². The number of ether oxygens (including phenoxy) is 1. The Kier molecular flexibility index (Phi) is 5.02. The van der Waals surface area contributed by atoms with Crippen molar-refractivity contribution in [1.82, 2.24) is 29.9 Å². The molecule has 1 amide bonds. The highest BCUT2D eigenvalue weighted by Crippen LogP contribution is 2.45. The highest BCUT2D eigenvalue weighted by atomic mass is 19.4. The molecule has 1 aliphatic carbocycles. The topological polar surface area (TPSA) is 86.0 Å². The van der Waals surface area contributed by atoms with E-state index in [4.69, 9.17) is 4.74 Å². The van der Waals surface area contributed by atoms with Crippen molar-refractivity contribution in [2.75, 3.05) is 0 Å². The Balaban J connectivity index is 1.40. The fourth-order valence-electron chi connectivity index (χ4n) is 4.73. The van der Waals surface area contributed by atoms with Crippen LogP contribution in [0.15, 0.2) is 43.0 Å². The second-order valence-corrected chi connectivity index (χ2v) is 8.10. The minimum atomic E-state index is -4.59. The highest BCUT2D eigenvalue weighted by molar-refractivity contribution is 5.98. The molecule has 2 fully saturated rings. The van der Waals surface area contributed by atoms with Gasteiger partial charge in [-0.3, -0.25) is 4.79 Å². The maximum atomic E-state index is 14.6. The number of hydrogen-bond donors (Lipinski definition) is 0. The summed E-state index contributed by atoms with van der Waals surface area (Å²) in [5.41, 5.74) is -1.05. The standard InChI is InChI=1S/C21H18F4N6O2/c1-11-12-7-15(16(8-12)33-18-10-26-17(9-27-18)21(23,24)25)30(11)20(32)13-3-2-4-14(22)19(13)31-28-5-6-29-31/h2-6,9-12,15-16H,7-8H2,1H3/t11?,12?,15?,16-/m0/s1. The van der Waals surface area contributed by atoms with Gasteiger partial charge in [-0.2, -0.15) is 23.4 Å². The van der Waals surface area contributed by atoms with E-state index in [1.165, 1.54) is 30.6 Å². The molecule has 172 valence electrons. The maximum absolute atomic E-state index is 14.6. The summed E-state index contributed by atoms with van der Waals surface area (Å²) in [6.45, 7) is 1.92. The molecule has 0 radical (unpaired) electrons. The molecule has 2 aromatic heterocycles. The molecule has 4 atom stereocenters. The largest absolute Gasteiger partial charge is 0.471 e. The molecular formula is C21H18F4N6O2. The lowest BCUT2D eigenvalue weighted by atomic mass is 9.98. The summed E-state index contributed by atoms with van der Waals surface area (Å²) in [6, 6.07) is 3.72. The molecule has 3 unspecified atom stereocenters. The number of fused-ring (bicyclic) bond motifs is 2. The number of alkyl halides is 3. The number of rotatable bonds is 4. The molecule has 5 rings (SSSR count). The van der Waals surface area contributed by atoms with Crippen LogP contribution in [0.25, 0.3) is 5.69 Å². The summed E-state index contributed by atoms with van der Waals surface area (Å²) in [4.78, 5) is 23.4. The van der Waals surface area contributed by atoms with Crippen LogP contribution in [0.3, 0.4) is 0 Å². The van der Waals surface area contributed by atoms with Gasteiger partial charge in [0.2, 0.25) is 5.88 Å². The molecular weight excluding hydrogens is 444 g/mol. The van der Waals surface area contributed by atoms with E-state index in [1.54, 1.807) is 4.90 Å². The zero-order valence-corrected chi connectivity index (χ0v) is 17.3. The van der Waals surface area contributed by atoms with Crippen molar-refractivity contribution in [2.24, 2.45) is 5.92 Å². The number of para-hydroxylation sites is 1. The normalized spacial score (nSPS) is 24.3. The van der Waals surface area contributed by atoms with E-state index in [-0.39, 0.29) is 35.1 Å². The van der Waals surface area contributed by atoms with Crippen LogP contribution in [-0.4, -0.2) is 54.0 Å². The van der Waals surface area contributed by atoms with Gasteiger partial charge >= 0.3 is 6.18 Å². The van der Waals surface area contributed by atoms with Crippen molar-refractivity contribution < 1.29 is 27.1 Å². The number of nitrogens with zero attached hydrogens (tertiary/aromatic N) is 6.